The van der Waals surface area contributed by atoms with E-state index in [1.807, 2.05) is 0 Å². The lowest BCUT2D eigenvalue weighted by Gasteiger charge is -2.11. The SMILES string of the molecule is CO[C@@H]1CN(C(=O)C(=O)O)C[C@H]1O. The van der Waals surface area contributed by atoms with E-state index in [2.05, 4.69) is 0 Å². The number of β-amino-alcohol motifs (C(OH)–C–C–N with tert-alkyl or cyclic N) is 1. The normalized spacial score (nSPS) is 27.7. The number of carboxylic acids is 1. The van der Waals surface area contributed by atoms with Crippen LogP contribution in [0.3, 0.4) is 0 Å². The molecule has 6 nitrogen and oxygen atoms in total. The van der Waals surface area contributed by atoms with Gasteiger partial charge in [0, 0.05) is 13.7 Å². The van der Waals surface area contributed by atoms with Crippen LogP contribution in [0, 0.1) is 0 Å². The number of hydrogen-bond acceptors (Lipinski definition) is 4. The van der Waals surface area contributed by atoms with Crippen LogP contribution in [-0.2, 0) is 14.3 Å². The molecule has 0 spiro atoms. The molecule has 6 heteroatoms. The zero-order valence-corrected chi connectivity index (χ0v) is 7.14. The number of nitrogens with zero attached hydrogens (tertiary/aromatic N) is 1. The number of aliphatic hydroxyl groups excluding tert-OH is 1. The number of hydrogen-bond donors (Lipinski definition) is 2. The highest BCUT2D eigenvalue weighted by atomic mass is 16.5. The van der Waals surface area contributed by atoms with Gasteiger partial charge >= 0.3 is 11.9 Å². The predicted molar refractivity (Wildman–Crippen MR) is 41.0 cm³/mol. The van der Waals surface area contributed by atoms with E-state index < -0.39 is 24.1 Å². The van der Waals surface area contributed by atoms with E-state index >= 15 is 0 Å². The summed E-state index contributed by atoms with van der Waals surface area (Å²) in [5.74, 6) is -2.51. The van der Waals surface area contributed by atoms with Crippen molar-refractivity contribution < 1.29 is 24.5 Å². The molecule has 0 unspecified atom stereocenters. The van der Waals surface area contributed by atoms with Crippen LogP contribution in [0.4, 0.5) is 0 Å². The van der Waals surface area contributed by atoms with Gasteiger partial charge in [0.05, 0.1) is 12.6 Å². The molecular formula is C7H11NO5. The first-order valence-electron chi connectivity index (χ1n) is 3.79. The van der Waals surface area contributed by atoms with E-state index in [1.165, 1.54) is 7.11 Å². The van der Waals surface area contributed by atoms with Gasteiger partial charge in [-0.2, -0.15) is 0 Å². The van der Waals surface area contributed by atoms with Gasteiger partial charge in [-0.05, 0) is 0 Å². The van der Waals surface area contributed by atoms with Gasteiger partial charge < -0.3 is 19.8 Å². The molecule has 74 valence electrons. The Balaban J connectivity index is 2.58. The standard InChI is InChI=1S/C7H11NO5/c1-13-5-3-8(2-4(5)9)6(10)7(11)12/h4-5,9H,2-3H2,1H3,(H,11,12)/t4-,5-/m1/s1. The lowest BCUT2D eigenvalue weighted by molar-refractivity contribution is -0.155. The summed E-state index contributed by atoms with van der Waals surface area (Å²) in [7, 11) is 1.41. The zero-order chi connectivity index (χ0) is 10.0. The Morgan fingerprint density at radius 3 is 2.46 bits per heavy atom. The molecule has 0 bridgehead atoms. The quantitative estimate of drug-likeness (QED) is 0.479. The molecule has 0 saturated carbocycles. The van der Waals surface area contributed by atoms with Crippen molar-refractivity contribution >= 4 is 11.9 Å². The van der Waals surface area contributed by atoms with E-state index in [9.17, 15) is 14.7 Å². The molecule has 1 rings (SSSR count). The number of aliphatic hydroxyl groups is 1. The van der Waals surface area contributed by atoms with Crippen molar-refractivity contribution in [3.63, 3.8) is 0 Å². The van der Waals surface area contributed by atoms with Crippen LogP contribution in [0.5, 0.6) is 0 Å². The Bertz CT molecular complexity index is 229. The molecule has 2 N–H and O–H groups in total. The molecular weight excluding hydrogens is 178 g/mol. The van der Waals surface area contributed by atoms with E-state index in [4.69, 9.17) is 9.84 Å². The molecule has 0 aliphatic carbocycles. The topological polar surface area (TPSA) is 87.1 Å². The Morgan fingerprint density at radius 1 is 1.46 bits per heavy atom. The smallest absolute Gasteiger partial charge is 0.394 e. The average molecular weight is 189 g/mol. The first kappa shape index (κ1) is 9.94. The minimum atomic E-state index is -1.51. The lowest BCUT2D eigenvalue weighted by atomic mass is 10.3. The number of carbonyl (C=O) groups is 2. The molecule has 1 amide bonds. The van der Waals surface area contributed by atoms with Gasteiger partial charge in [-0.3, -0.25) is 4.79 Å². The van der Waals surface area contributed by atoms with Crippen LogP contribution in [0.25, 0.3) is 0 Å². The molecule has 1 aliphatic heterocycles. The second kappa shape index (κ2) is 3.71. The zero-order valence-electron chi connectivity index (χ0n) is 7.14. The van der Waals surface area contributed by atoms with Crippen LogP contribution >= 0.6 is 0 Å². The number of methoxy groups -OCH3 is 1. The third kappa shape index (κ3) is 1.96. The molecule has 0 aromatic carbocycles. The summed E-state index contributed by atoms with van der Waals surface area (Å²) in [6.07, 6.45) is -1.28. The molecule has 1 aliphatic rings. The minimum absolute atomic E-state index is 0.0175. The number of carbonyl (C=O) groups excluding carboxylic acids is 1. The molecule has 1 fully saturated rings. The number of ether oxygens (including phenoxy) is 1. The largest absolute Gasteiger partial charge is 0.474 e. The first-order valence-corrected chi connectivity index (χ1v) is 3.79. The Labute approximate surface area is 74.7 Å². The van der Waals surface area contributed by atoms with E-state index in [0.717, 1.165) is 4.90 Å². The lowest BCUT2D eigenvalue weighted by Crippen LogP contribution is -2.35. The van der Waals surface area contributed by atoms with E-state index in [1.54, 1.807) is 0 Å². The second-order valence-electron chi connectivity index (χ2n) is 2.86. The van der Waals surface area contributed by atoms with Crippen LogP contribution in [0.2, 0.25) is 0 Å². The Kier molecular flexibility index (Phi) is 2.84. The fraction of sp³-hybridized carbons (Fsp3) is 0.714. The van der Waals surface area contributed by atoms with Crippen molar-refractivity contribution in [3.05, 3.63) is 0 Å². The maximum absolute atomic E-state index is 10.9. The highest BCUT2D eigenvalue weighted by Gasteiger charge is 2.36. The summed E-state index contributed by atoms with van der Waals surface area (Å²) in [5, 5.41) is 17.7. The number of likely N-dealkylation sites (tertiary alicyclic amines) is 1. The number of rotatable bonds is 1. The Hall–Kier alpha value is -1.14. The number of amides is 1. The molecule has 0 aromatic heterocycles. The average Bonchev–Trinajstić information content (AvgIpc) is 2.45. The monoisotopic (exact) mass is 189 g/mol. The van der Waals surface area contributed by atoms with Gasteiger partial charge in [0.15, 0.2) is 0 Å². The second-order valence-corrected chi connectivity index (χ2v) is 2.86. The van der Waals surface area contributed by atoms with Crippen molar-refractivity contribution in [1.29, 1.82) is 0 Å². The van der Waals surface area contributed by atoms with Gasteiger partial charge in [-0.1, -0.05) is 0 Å². The van der Waals surface area contributed by atoms with Crippen molar-refractivity contribution in [2.24, 2.45) is 0 Å². The third-order valence-corrected chi connectivity index (χ3v) is 2.01. The molecule has 2 atom stereocenters. The maximum Gasteiger partial charge on any atom is 0.394 e. The summed E-state index contributed by atoms with van der Waals surface area (Å²) < 4.78 is 4.85. The number of carboxylic acid groups (broad SMARTS) is 1. The van der Waals surface area contributed by atoms with Crippen LogP contribution in [-0.4, -0.2) is 59.4 Å². The summed E-state index contributed by atoms with van der Waals surface area (Å²) in [6.45, 7) is 0.145. The van der Waals surface area contributed by atoms with Crippen LogP contribution in [0.15, 0.2) is 0 Å². The van der Waals surface area contributed by atoms with Crippen LogP contribution in [0.1, 0.15) is 0 Å². The highest BCUT2D eigenvalue weighted by molar-refractivity contribution is 6.31. The van der Waals surface area contributed by atoms with Crippen molar-refractivity contribution in [2.75, 3.05) is 20.2 Å². The maximum atomic E-state index is 10.9. The molecule has 0 radical (unpaired) electrons. The fourth-order valence-corrected chi connectivity index (χ4v) is 1.29. The van der Waals surface area contributed by atoms with Gasteiger partial charge in [0.25, 0.3) is 0 Å². The van der Waals surface area contributed by atoms with Crippen molar-refractivity contribution in [1.82, 2.24) is 4.90 Å². The fourth-order valence-electron chi connectivity index (χ4n) is 1.29. The van der Waals surface area contributed by atoms with E-state index in [-0.39, 0.29) is 13.1 Å². The van der Waals surface area contributed by atoms with E-state index in [0.29, 0.717) is 0 Å². The summed E-state index contributed by atoms with van der Waals surface area (Å²) in [5.41, 5.74) is 0. The predicted octanol–water partition coefficient (Wildman–Crippen LogP) is -1.71. The van der Waals surface area contributed by atoms with Gasteiger partial charge in [-0.25, -0.2) is 4.79 Å². The van der Waals surface area contributed by atoms with Gasteiger partial charge in [0.1, 0.15) is 6.10 Å². The van der Waals surface area contributed by atoms with Crippen molar-refractivity contribution in [2.45, 2.75) is 12.2 Å². The third-order valence-electron chi connectivity index (χ3n) is 2.01. The Morgan fingerprint density at radius 2 is 2.08 bits per heavy atom. The van der Waals surface area contributed by atoms with Gasteiger partial charge in [0.2, 0.25) is 0 Å². The summed E-state index contributed by atoms with van der Waals surface area (Å²) in [4.78, 5) is 22.2. The summed E-state index contributed by atoms with van der Waals surface area (Å²) in [6, 6.07) is 0. The summed E-state index contributed by atoms with van der Waals surface area (Å²) >= 11 is 0. The molecule has 13 heavy (non-hydrogen) atoms. The molecule has 1 heterocycles. The molecule has 0 aromatic rings. The number of aliphatic carboxylic acids is 1. The molecule has 1 saturated heterocycles. The van der Waals surface area contributed by atoms with Crippen LogP contribution < -0.4 is 0 Å². The first-order chi connectivity index (χ1) is 6.06. The van der Waals surface area contributed by atoms with Crippen molar-refractivity contribution in [3.8, 4) is 0 Å². The highest BCUT2D eigenvalue weighted by Crippen LogP contribution is 2.12. The minimum Gasteiger partial charge on any atom is -0.474 e. The van der Waals surface area contributed by atoms with Gasteiger partial charge in [-0.15, -0.1) is 0 Å².